The van der Waals surface area contributed by atoms with E-state index < -0.39 is 33.7 Å². The van der Waals surface area contributed by atoms with Crippen molar-refractivity contribution in [3.8, 4) is 5.69 Å². The van der Waals surface area contributed by atoms with Crippen molar-refractivity contribution in [1.82, 2.24) is 24.1 Å². The van der Waals surface area contributed by atoms with E-state index in [1.807, 2.05) is 36.9 Å². The van der Waals surface area contributed by atoms with Gasteiger partial charge in [0.15, 0.2) is 11.5 Å². The van der Waals surface area contributed by atoms with Gasteiger partial charge in [0.05, 0.1) is 23.7 Å². The van der Waals surface area contributed by atoms with Gasteiger partial charge in [-0.15, -0.1) is 0 Å². The van der Waals surface area contributed by atoms with Gasteiger partial charge in [-0.1, -0.05) is 12.1 Å². The third kappa shape index (κ3) is 7.49. The van der Waals surface area contributed by atoms with Gasteiger partial charge in [0.25, 0.3) is 0 Å². The first-order valence-electron chi connectivity index (χ1n) is 15.3. The third-order valence-corrected chi connectivity index (χ3v) is 8.65. The number of sulfonamides is 1. The van der Waals surface area contributed by atoms with Gasteiger partial charge in [0, 0.05) is 38.8 Å². The van der Waals surface area contributed by atoms with Crippen LogP contribution in [-0.2, 0) is 33.0 Å². The molecule has 0 unspecified atom stereocenters. The highest BCUT2D eigenvalue weighted by molar-refractivity contribution is 7.92. The summed E-state index contributed by atoms with van der Waals surface area (Å²) in [6.45, 7) is 14.1. The van der Waals surface area contributed by atoms with E-state index >= 15 is 0 Å². The summed E-state index contributed by atoms with van der Waals surface area (Å²) in [5.41, 5.74) is 1.87. The number of carbonyl (C=O) groups is 1. The van der Waals surface area contributed by atoms with E-state index in [2.05, 4.69) is 15.3 Å². The van der Waals surface area contributed by atoms with Crippen molar-refractivity contribution >= 4 is 44.6 Å². The van der Waals surface area contributed by atoms with Crippen LogP contribution in [0, 0.1) is 0 Å². The van der Waals surface area contributed by atoms with Crippen molar-refractivity contribution in [2.75, 3.05) is 33.9 Å². The van der Waals surface area contributed by atoms with Gasteiger partial charge in [0.1, 0.15) is 17.3 Å². The van der Waals surface area contributed by atoms with Crippen LogP contribution < -0.4 is 20.2 Å². The summed E-state index contributed by atoms with van der Waals surface area (Å²) >= 11 is 0. The quantitative estimate of drug-likeness (QED) is 0.224. The highest BCUT2D eigenvalue weighted by Gasteiger charge is 2.31. The Hall–Kier alpha value is -4.46. The lowest BCUT2D eigenvalue weighted by molar-refractivity contribution is -0.155. The fourth-order valence-corrected chi connectivity index (χ4v) is 6.54. The zero-order valence-electron chi connectivity index (χ0n) is 28.0. The summed E-state index contributed by atoms with van der Waals surface area (Å²) in [4.78, 5) is 42.3. The van der Waals surface area contributed by atoms with Crippen LogP contribution in [0.1, 0.15) is 54.0 Å². The van der Waals surface area contributed by atoms with Crippen molar-refractivity contribution in [2.24, 2.45) is 7.05 Å². The van der Waals surface area contributed by atoms with E-state index in [0.717, 1.165) is 11.8 Å². The molecule has 46 heavy (non-hydrogen) atoms. The lowest BCUT2D eigenvalue weighted by Gasteiger charge is -2.30. The van der Waals surface area contributed by atoms with Crippen molar-refractivity contribution < 1.29 is 17.9 Å². The molecule has 1 aromatic carbocycles. The minimum atomic E-state index is -3.73. The molecule has 4 aromatic rings. The number of fused-ring (bicyclic) bond motifs is 1. The van der Waals surface area contributed by atoms with Crippen LogP contribution >= 0.6 is 0 Å². The first kappa shape index (κ1) is 34.4. The van der Waals surface area contributed by atoms with E-state index in [1.165, 1.54) is 15.1 Å². The molecule has 0 aliphatic heterocycles. The first-order valence-corrected chi connectivity index (χ1v) is 17.1. The number of aryl methyl sites for hydroxylation is 1. The molecule has 0 spiro atoms. The number of hydrogen-bond acceptors (Lipinski definition) is 10. The maximum absolute atomic E-state index is 13.7. The third-order valence-electron chi connectivity index (χ3n) is 7.32. The summed E-state index contributed by atoms with van der Waals surface area (Å²) < 4.78 is 36.0. The molecule has 0 aliphatic carbocycles. The van der Waals surface area contributed by atoms with Crippen LogP contribution in [0.3, 0.4) is 0 Å². The van der Waals surface area contributed by atoms with E-state index in [0.29, 0.717) is 35.9 Å². The monoisotopic (exact) mass is 652 g/mol. The van der Waals surface area contributed by atoms with Crippen molar-refractivity contribution in [2.45, 2.75) is 72.6 Å². The van der Waals surface area contributed by atoms with E-state index in [9.17, 15) is 18.0 Å². The molecule has 0 aliphatic rings. The van der Waals surface area contributed by atoms with Gasteiger partial charge in [-0.2, -0.15) is 4.98 Å². The standard InChI is InChI=1S/C32H44N8O5S/c1-10-38(11-2)30-34-20-26(40(21(3)4)46(9,43)44)27(36-30)35-24(29(41)45-32(5,6)7)19-22-14-16-23(17-15-22)39-28-25(13-12-18-33-28)37(8)31(39)42/h12-18,20-21,24H,10-11,19H2,1-9H3,(H,34,35,36)/t24-/m0/s1. The second-order valence-electron chi connectivity index (χ2n) is 12.4. The van der Waals surface area contributed by atoms with Gasteiger partial charge in [0.2, 0.25) is 16.0 Å². The SMILES string of the molecule is CCN(CC)c1ncc(N(C(C)C)S(C)(=O)=O)c(N[C@@H](Cc2ccc(-n3c(=O)n(C)c4cccnc43)cc2)C(=O)OC(C)(C)C)n1. The minimum Gasteiger partial charge on any atom is -0.458 e. The molecule has 248 valence electrons. The Morgan fingerprint density at radius 1 is 1.07 bits per heavy atom. The van der Waals surface area contributed by atoms with Crippen molar-refractivity contribution in [1.29, 1.82) is 0 Å². The number of pyridine rings is 1. The minimum absolute atomic E-state index is 0.183. The number of nitrogens with zero attached hydrogens (tertiary/aromatic N) is 7. The molecule has 0 bridgehead atoms. The Balaban J connectivity index is 1.77. The number of imidazole rings is 1. The predicted octanol–water partition coefficient (Wildman–Crippen LogP) is 3.90. The molecule has 4 rings (SSSR count). The molecule has 1 atom stereocenters. The molecular weight excluding hydrogens is 608 g/mol. The average molecular weight is 653 g/mol. The zero-order valence-corrected chi connectivity index (χ0v) is 28.8. The maximum Gasteiger partial charge on any atom is 0.334 e. The lowest BCUT2D eigenvalue weighted by atomic mass is 10.0. The first-order chi connectivity index (χ1) is 21.6. The Kier molecular flexibility index (Phi) is 10.1. The molecule has 3 aromatic heterocycles. The largest absolute Gasteiger partial charge is 0.458 e. The predicted molar refractivity (Wildman–Crippen MR) is 181 cm³/mol. The fourth-order valence-electron chi connectivity index (χ4n) is 5.28. The molecule has 0 amide bonds. The lowest BCUT2D eigenvalue weighted by Crippen LogP contribution is -2.40. The van der Waals surface area contributed by atoms with Gasteiger partial charge in [-0.25, -0.2) is 32.5 Å². The van der Waals surface area contributed by atoms with Crippen LogP contribution in [0.25, 0.3) is 16.9 Å². The highest BCUT2D eigenvalue weighted by atomic mass is 32.2. The Morgan fingerprint density at radius 2 is 1.72 bits per heavy atom. The number of aromatic nitrogens is 5. The Morgan fingerprint density at radius 3 is 2.28 bits per heavy atom. The number of benzene rings is 1. The van der Waals surface area contributed by atoms with Crippen molar-refractivity contribution in [3.05, 3.63) is 64.8 Å². The van der Waals surface area contributed by atoms with Crippen LogP contribution in [0.15, 0.2) is 53.6 Å². The fraction of sp³-hybridized carbons (Fsp3) is 0.469. The highest BCUT2D eigenvalue weighted by Crippen LogP contribution is 2.31. The van der Waals surface area contributed by atoms with Crippen LogP contribution in [0.4, 0.5) is 17.5 Å². The number of ether oxygens (including phenoxy) is 1. The summed E-state index contributed by atoms with van der Waals surface area (Å²) in [6, 6.07) is 9.50. The second kappa shape index (κ2) is 13.5. The number of anilines is 3. The topological polar surface area (TPSA) is 145 Å². The second-order valence-corrected chi connectivity index (χ2v) is 14.2. The zero-order chi connectivity index (χ0) is 34.0. The molecule has 3 heterocycles. The number of nitrogens with one attached hydrogen (secondary N) is 1. The van der Waals surface area contributed by atoms with E-state index in [1.54, 1.807) is 70.6 Å². The average Bonchev–Trinajstić information content (AvgIpc) is 3.22. The van der Waals surface area contributed by atoms with Gasteiger partial charge in [-0.3, -0.25) is 8.87 Å². The number of rotatable bonds is 12. The number of esters is 1. The van der Waals surface area contributed by atoms with Crippen LogP contribution in [-0.4, -0.2) is 75.5 Å². The molecule has 14 heteroatoms. The molecule has 0 saturated heterocycles. The Bertz CT molecular complexity index is 1860. The molecule has 0 radical (unpaired) electrons. The molecule has 0 saturated carbocycles. The summed E-state index contributed by atoms with van der Waals surface area (Å²) in [5, 5.41) is 3.23. The van der Waals surface area contributed by atoms with Gasteiger partial charge < -0.3 is 15.0 Å². The van der Waals surface area contributed by atoms with Crippen LogP contribution in [0.2, 0.25) is 0 Å². The van der Waals surface area contributed by atoms with Crippen LogP contribution in [0.5, 0.6) is 0 Å². The van der Waals surface area contributed by atoms with Crippen molar-refractivity contribution in [3.63, 3.8) is 0 Å². The van der Waals surface area contributed by atoms with E-state index in [-0.39, 0.29) is 23.6 Å². The molecule has 0 fully saturated rings. The Labute approximate surface area is 270 Å². The normalized spacial score (nSPS) is 12.7. The maximum atomic E-state index is 13.7. The summed E-state index contributed by atoms with van der Waals surface area (Å²) in [6.07, 6.45) is 4.42. The smallest absolute Gasteiger partial charge is 0.334 e. The molecule has 1 N–H and O–H groups in total. The summed E-state index contributed by atoms with van der Waals surface area (Å²) in [7, 11) is -2.03. The van der Waals surface area contributed by atoms with Gasteiger partial charge >= 0.3 is 11.7 Å². The van der Waals surface area contributed by atoms with E-state index in [4.69, 9.17) is 9.72 Å². The molecular formula is C32H44N8O5S. The summed E-state index contributed by atoms with van der Waals surface area (Å²) in [5.74, 6) is 0.0576. The van der Waals surface area contributed by atoms with Gasteiger partial charge in [-0.05, 0) is 78.3 Å². The number of hydrogen-bond donors (Lipinski definition) is 1. The number of carbonyl (C=O) groups excluding carboxylic acids is 1. The molecule has 13 nitrogen and oxygen atoms in total.